The van der Waals surface area contributed by atoms with E-state index in [0.717, 1.165) is 23.5 Å². The molecule has 0 N–H and O–H groups in total. The Balaban J connectivity index is 2.78. The predicted octanol–water partition coefficient (Wildman–Crippen LogP) is 5.25. The van der Waals surface area contributed by atoms with Gasteiger partial charge in [0.15, 0.2) is 0 Å². The smallest absolute Gasteiger partial charge is 0.166 e. The third-order valence-corrected chi connectivity index (χ3v) is 3.22. The molecule has 0 aliphatic carbocycles. The van der Waals surface area contributed by atoms with Gasteiger partial charge >= 0.3 is 12.4 Å². The van der Waals surface area contributed by atoms with Crippen LogP contribution in [-0.2, 0) is 12.4 Å². The minimum Gasteiger partial charge on any atom is -0.166 e. The first-order valence-corrected chi connectivity index (χ1v) is 5.81. The van der Waals surface area contributed by atoms with E-state index in [1.807, 2.05) is 0 Å². The normalized spacial score (nSPS) is 12.7. The highest BCUT2D eigenvalue weighted by molar-refractivity contribution is 7.13. The van der Waals surface area contributed by atoms with Crippen molar-refractivity contribution >= 4 is 11.3 Å². The van der Waals surface area contributed by atoms with Crippen molar-refractivity contribution in [2.45, 2.75) is 12.4 Å². The van der Waals surface area contributed by atoms with Gasteiger partial charge in [-0.15, -0.1) is 11.3 Å². The Morgan fingerprint density at radius 2 is 1.42 bits per heavy atom. The summed E-state index contributed by atoms with van der Waals surface area (Å²) in [5, 5.41) is 1.31. The molecule has 1 heterocycles. The number of hydrogen-bond acceptors (Lipinski definition) is 1. The van der Waals surface area contributed by atoms with Gasteiger partial charge in [-0.3, -0.25) is 0 Å². The highest BCUT2D eigenvalue weighted by atomic mass is 32.1. The lowest BCUT2D eigenvalue weighted by molar-refractivity contribution is -0.142. The number of rotatable bonds is 1. The van der Waals surface area contributed by atoms with Crippen LogP contribution < -0.4 is 0 Å². The summed E-state index contributed by atoms with van der Waals surface area (Å²) < 4.78 is 77.0. The van der Waals surface area contributed by atoms with E-state index < -0.39 is 29.0 Å². The lowest BCUT2D eigenvalue weighted by Gasteiger charge is -2.17. The first-order valence-electron chi connectivity index (χ1n) is 4.93. The molecule has 0 bridgehead atoms. The summed E-state index contributed by atoms with van der Waals surface area (Å²) in [6.45, 7) is 0. The standard InChI is InChI=1S/C12H5F6S/c13-11(14,15)7-3-1-4-8(12(16,17)18)10(7)9-5-2-6-19-9/h1,3-6H. The molecule has 2 aromatic rings. The molecule has 7 heteroatoms. The van der Waals surface area contributed by atoms with Crippen LogP contribution in [0.15, 0.2) is 29.6 Å². The van der Waals surface area contributed by atoms with Gasteiger partial charge in [-0.05, 0) is 29.6 Å². The van der Waals surface area contributed by atoms with Gasteiger partial charge < -0.3 is 0 Å². The van der Waals surface area contributed by atoms with E-state index in [9.17, 15) is 26.3 Å². The largest absolute Gasteiger partial charge is 0.417 e. The van der Waals surface area contributed by atoms with Gasteiger partial charge in [-0.2, -0.15) is 26.3 Å². The van der Waals surface area contributed by atoms with E-state index in [-0.39, 0.29) is 4.88 Å². The molecule has 0 nitrogen and oxygen atoms in total. The molecular weight excluding hydrogens is 290 g/mol. The fraction of sp³-hybridized carbons (Fsp3) is 0.167. The highest BCUT2D eigenvalue weighted by Gasteiger charge is 2.41. The van der Waals surface area contributed by atoms with Crippen LogP contribution in [0, 0.1) is 6.07 Å². The number of halogens is 6. The van der Waals surface area contributed by atoms with Crippen molar-refractivity contribution in [1.82, 2.24) is 0 Å². The van der Waals surface area contributed by atoms with Gasteiger partial charge in [0.25, 0.3) is 0 Å². The van der Waals surface area contributed by atoms with Crippen molar-refractivity contribution in [3.63, 3.8) is 0 Å². The van der Waals surface area contributed by atoms with Crippen molar-refractivity contribution in [1.29, 1.82) is 0 Å². The number of thiophene rings is 1. The third-order valence-electron chi connectivity index (χ3n) is 2.39. The summed E-state index contributed by atoms with van der Waals surface area (Å²) in [6, 6.07) is 5.63. The van der Waals surface area contributed by atoms with Crippen molar-refractivity contribution in [2.24, 2.45) is 0 Å². The van der Waals surface area contributed by atoms with Gasteiger partial charge in [-0.1, -0.05) is 6.07 Å². The third kappa shape index (κ3) is 2.75. The maximum absolute atomic E-state index is 12.8. The number of hydrogen-bond donors (Lipinski definition) is 0. The molecule has 1 aromatic carbocycles. The van der Waals surface area contributed by atoms with Gasteiger partial charge in [0.2, 0.25) is 0 Å². The molecule has 0 amide bonds. The van der Waals surface area contributed by atoms with E-state index >= 15 is 0 Å². The molecule has 101 valence electrons. The van der Waals surface area contributed by atoms with Crippen LogP contribution in [0.5, 0.6) is 0 Å². The Kier molecular flexibility index (Phi) is 3.34. The Morgan fingerprint density at radius 1 is 0.895 bits per heavy atom. The fourth-order valence-electron chi connectivity index (χ4n) is 1.66. The van der Waals surface area contributed by atoms with E-state index in [1.165, 1.54) is 5.38 Å². The van der Waals surface area contributed by atoms with E-state index in [2.05, 4.69) is 6.07 Å². The maximum Gasteiger partial charge on any atom is 0.417 e. The fourth-order valence-corrected chi connectivity index (χ4v) is 2.40. The molecule has 2 rings (SSSR count). The van der Waals surface area contributed by atoms with Crippen molar-refractivity contribution < 1.29 is 26.3 Å². The van der Waals surface area contributed by atoms with Crippen LogP contribution in [0.1, 0.15) is 11.1 Å². The molecule has 1 radical (unpaired) electrons. The van der Waals surface area contributed by atoms with Crippen LogP contribution >= 0.6 is 11.3 Å². The summed E-state index contributed by atoms with van der Waals surface area (Å²) in [4.78, 5) is -0.111. The zero-order valence-electron chi connectivity index (χ0n) is 9.06. The Bertz CT molecular complexity index is 533. The molecule has 0 saturated heterocycles. The minimum atomic E-state index is -4.85. The van der Waals surface area contributed by atoms with Crippen molar-refractivity contribution in [3.05, 3.63) is 46.8 Å². The first kappa shape index (κ1) is 13.9. The van der Waals surface area contributed by atoms with E-state index in [0.29, 0.717) is 12.1 Å². The zero-order valence-corrected chi connectivity index (χ0v) is 9.88. The molecule has 1 aromatic heterocycles. The second kappa shape index (κ2) is 4.56. The van der Waals surface area contributed by atoms with Crippen LogP contribution in [-0.4, -0.2) is 0 Å². The predicted molar refractivity (Wildman–Crippen MR) is 58.6 cm³/mol. The SMILES string of the molecule is FC(F)(F)c1cccc(C(F)(F)F)c1-c1c[c]cs1. The van der Waals surface area contributed by atoms with Gasteiger partial charge in [0, 0.05) is 10.4 Å². The minimum absolute atomic E-state index is 0.111. The van der Waals surface area contributed by atoms with E-state index in [4.69, 9.17) is 0 Å². The van der Waals surface area contributed by atoms with Crippen molar-refractivity contribution in [3.8, 4) is 10.4 Å². The molecule has 19 heavy (non-hydrogen) atoms. The average Bonchev–Trinajstić information content (AvgIpc) is 2.78. The van der Waals surface area contributed by atoms with Gasteiger partial charge in [-0.25, -0.2) is 0 Å². The van der Waals surface area contributed by atoms with Crippen LogP contribution in [0.2, 0.25) is 0 Å². The number of alkyl halides is 6. The highest BCUT2D eigenvalue weighted by Crippen LogP contribution is 2.45. The average molecular weight is 295 g/mol. The zero-order chi connectivity index (χ0) is 14.3. The van der Waals surface area contributed by atoms with Crippen LogP contribution in [0.3, 0.4) is 0 Å². The first-order chi connectivity index (χ1) is 8.71. The van der Waals surface area contributed by atoms with Crippen molar-refractivity contribution in [2.75, 3.05) is 0 Å². The molecule has 0 saturated carbocycles. The molecule has 0 fully saturated rings. The molecule has 0 aliphatic heterocycles. The summed E-state index contributed by atoms with van der Waals surface area (Å²) in [5.41, 5.74) is -3.43. The summed E-state index contributed by atoms with van der Waals surface area (Å²) in [7, 11) is 0. The summed E-state index contributed by atoms with van der Waals surface area (Å²) in [5.74, 6) is 0. The Morgan fingerprint density at radius 3 is 1.79 bits per heavy atom. The lowest BCUT2D eigenvalue weighted by atomic mass is 9.98. The topological polar surface area (TPSA) is 0 Å². The molecule has 0 spiro atoms. The monoisotopic (exact) mass is 295 g/mol. The maximum atomic E-state index is 12.8. The molecule has 0 aliphatic rings. The Hall–Kier alpha value is -1.50. The second-order valence-corrected chi connectivity index (χ2v) is 4.55. The lowest BCUT2D eigenvalue weighted by Crippen LogP contribution is -2.13. The second-order valence-electron chi connectivity index (χ2n) is 3.63. The van der Waals surface area contributed by atoms with E-state index in [1.54, 1.807) is 0 Å². The number of benzene rings is 1. The summed E-state index contributed by atoms with van der Waals surface area (Å²) in [6.07, 6.45) is -9.69. The Labute approximate surface area is 108 Å². The van der Waals surface area contributed by atoms with Gasteiger partial charge in [0.1, 0.15) is 0 Å². The quantitative estimate of drug-likeness (QED) is 0.630. The molecule has 0 unspecified atom stereocenters. The molecule has 0 atom stereocenters. The van der Waals surface area contributed by atoms with Crippen LogP contribution in [0.4, 0.5) is 26.3 Å². The van der Waals surface area contributed by atoms with Gasteiger partial charge in [0.05, 0.1) is 11.1 Å². The molecular formula is C12H5F6S. The van der Waals surface area contributed by atoms with Crippen LogP contribution in [0.25, 0.3) is 10.4 Å². The summed E-state index contributed by atoms with van der Waals surface area (Å²) >= 11 is 0.781.